The van der Waals surface area contributed by atoms with Crippen LogP contribution in [0, 0.1) is 11.3 Å². The van der Waals surface area contributed by atoms with Gasteiger partial charge in [-0.25, -0.2) is 0 Å². The first-order valence-electron chi connectivity index (χ1n) is 6.08. The second kappa shape index (κ2) is 5.32. The molecule has 1 aromatic heterocycles. The Bertz CT molecular complexity index is 821. The summed E-state index contributed by atoms with van der Waals surface area (Å²) in [6.45, 7) is 0. The van der Waals surface area contributed by atoms with E-state index in [1.807, 2.05) is 36.4 Å². The van der Waals surface area contributed by atoms with Crippen molar-refractivity contribution in [2.24, 2.45) is 0 Å². The lowest BCUT2D eigenvalue weighted by atomic mass is 10.2. The molecule has 0 atom stereocenters. The number of rotatable bonds is 2. The SMILES string of the molecule is N#Cc1ccc(Nc2ccc3ncccc3c2)cc1Br. The average molecular weight is 324 g/mol. The van der Waals surface area contributed by atoms with Crippen molar-refractivity contribution >= 4 is 38.2 Å². The molecule has 4 heteroatoms. The first-order valence-corrected chi connectivity index (χ1v) is 6.87. The van der Waals surface area contributed by atoms with E-state index in [0.29, 0.717) is 5.56 Å². The van der Waals surface area contributed by atoms with E-state index >= 15 is 0 Å². The summed E-state index contributed by atoms with van der Waals surface area (Å²) in [5, 5.41) is 13.3. The summed E-state index contributed by atoms with van der Waals surface area (Å²) in [7, 11) is 0. The minimum atomic E-state index is 0.623. The molecule has 0 fully saturated rings. The highest BCUT2D eigenvalue weighted by molar-refractivity contribution is 9.10. The van der Waals surface area contributed by atoms with Gasteiger partial charge < -0.3 is 5.32 Å². The van der Waals surface area contributed by atoms with Crippen molar-refractivity contribution in [2.75, 3.05) is 5.32 Å². The Hall–Kier alpha value is -2.38. The molecule has 0 aliphatic carbocycles. The topological polar surface area (TPSA) is 48.7 Å². The van der Waals surface area contributed by atoms with E-state index in [0.717, 1.165) is 26.8 Å². The van der Waals surface area contributed by atoms with Crippen molar-refractivity contribution in [3.8, 4) is 6.07 Å². The third kappa shape index (κ3) is 2.49. The molecule has 0 radical (unpaired) electrons. The molecule has 0 aliphatic rings. The first-order chi connectivity index (χ1) is 9.76. The number of halogens is 1. The summed E-state index contributed by atoms with van der Waals surface area (Å²) in [6, 6.07) is 17.7. The van der Waals surface area contributed by atoms with Gasteiger partial charge in [-0.15, -0.1) is 0 Å². The van der Waals surface area contributed by atoms with Gasteiger partial charge >= 0.3 is 0 Å². The molecular weight excluding hydrogens is 314 g/mol. The molecule has 20 heavy (non-hydrogen) atoms. The molecule has 0 spiro atoms. The quantitative estimate of drug-likeness (QED) is 0.749. The molecule has 3 rings (SSSR count). The maximum absolute atomic E-state index is 8.91. The van der Waals surface area contributed by atoms with Crippen LogP contribution >= 0.6 is 15.9 Å². The Morgan fingerprint density at radius 2 is 1.85 bits per heavy atom. The summed E-state index contributed by atoms with van der Waals surface area (Å²) in [5.74, 6) is 0. The van der Waals surface area contributed by atoms with Gasteiger partial charge in [0.1, 0.15) is 6.07 Å². The van der Waals surface area contributed by atoms with Crippen LogP contribution in [-0.4, -0.2) is 4.98 Å². The van der Waals surface area contributed by atoms with Crippen LogP contribution in [0.4, 0.5) is 11.4 Å². The van der Waals surface area contributed by atoms with E-state index in [1.165, 1.54) is 0 Å². The number of hydrogen-bond acceptors (Lipinski definition) is 3. The number of nitrogens with one attached hydrogen (secondary N) is 1. The van der Waals surface area contributed by atoms with Gasteiger partial charge in [-0.3, -0.25) is 4.98 Å². The van der Waals surface area contributed by atoms with E-state index in [1.54, 1.807) is 12.3 Å². The summed E-state index contributed by atoms with van der Waals surface area (Å²) in [5.41, 5.74) is 3.51. The largest absolute Gasteiger partial charge is 0.355 e. The van der Waals surface area contributed by atoms with Crippen molar-refractivity contribution in [2.45, 2.75) is 0 Å². The lowest BCUT2D eigenvalue weighted by molar-refractivity contribution is 1.41. The number of hydrogen-bond donors (Lipinski definition) is 1. The molecule has 0 aliphatic heterocycles. The van der Waals surface area contributed by atoms with E-state index < -0.39 is 0 Å². The number of benzene rings is 2. The highest BCUT2D eigenvalue weighted by Gasteiger charge is 2.02. The number of nitrogens with zero attached hydrogens (tertiary/aromatic N) is 2. The van der Waals surface area contributed by atoms with Crippen molar-refractivity contribution in [1.82, 2.24) is 4.98 Å². The predicted octanol–water partition coefficient (Wildman–Crippen LogP) is 4.61. The molecule has 3 aromatic rings. The Morgan fingerprint density at radius 1 is 1.05 bits per heavy atom. The zero-order valence-corrected chi connectivity index (χ0v) is 12.1. The molecule has 0 saturated carbocycles. The molecule has 1 heterocycles. The Labute approximate surface area is 125 Å². The lowest BCUT2D eigenvalue weighted by Gasteiger charge is -2.08. The van der Waals surface area contributed by atoms with Gasteiger partial charge in [0.05, 0.1) is 11.1 Å². The van der Waals surface area contributed by atoms with Gasteiger partial charge in [0.15, 0.2) is 0 Å². The highest BCUT2D eigenvalue weighted by atomic mass is 79.9. The van der Waals surface area contributed by atoms with Crippen LogP contribution in [0.1, 0.15) is 5.56 Å². The van der Waals surface area contributed by atoms with Crippen LogP contribution in [0.5, 0.6) is 0 Å². The zero-order valence-electron chi connectivity index (χ0n) is 10.5. The van der Waals surface area contributed by atoms with Gasteiger partial charge in [0.2, 0.25) is 0 Å². The Balaban J connectivity index is 1.93. The first kappa shape index (κ1) is 12.6. The fraction of sp³-hybridized carbons (Fsp3) is 0. The molecule has 2 aromatic carbocycles. The average Bonchev–Trinajstić information content (AvgIpc) is 2.47. The van der Waals surface area contributed by atoms with E-state index in [2.05, 4.69) is 38.4 Å². The van der Waals surface area contributed by atoms with Crippen molar-refractivity contribution in [3.05, 3.63) is 64.8 Å². The smallest absolute Gasteiger partial charge is 0.100 e. The van der Waals surface area contributed by atoms with E-state index in [9.17, 15) is 0 Å². The number of anilines is 2. The van der Waals surface area contributed by atoms with Crippen molar-refractivity contribution in [1.29, 1.82) is 5.26 Å². The van der Waals surface area contributed by atoms with Gasteiger partial charge in [-0.1, -0.05) is 6.07 Å². The molecule has 3 nitrogen and oxygen atoms in total. The van der Waals surface area contributed by atoms with Crippen LogP contribution in [0.3, 0.4) is 0 Å². The molecular formula is C16H10BrN3. The minimum Gasteiger partial charge on any atom is -0.355 e. The highest BCUT2D eigenvalue weighted by Crippen LogP contribution is 2.25. The van der Waals surface area contributed by atoms with Gasteiger partial charge in [-0.2, -0.15) is 5.26 Å². The Kier molecular flexibility index (Phi) is 3.36. The molecule has 0 saturated heterocycles. The van der Waals surface area contributed by atoms with Crippen LogP contribution < -0.4 is 5.32 Å². The van der Waals surface area contributed by atoms with Crippen molar-refractivity contribution < 1.29 is 0 Å². The van der Waals surface area contributed by atoms with E-state index in [-0.39, 0.29) is 0 Å². The molecule has 0 amide bonds. The van der Waals surface area contributed by atoms with E-state index in [4.69, 9.17) is 5.26 Å². The van der Waals surface area contributed by atoms with Gasteiger partial charge in [0.25, 0.3) is 0 Å². The molecule has 0 unspecified atom stereocenters. The fourth-order valence-electron chi connectivity index (χ4n) is 2.00. The number of pyridine rings is 1. The lowest BCUT2D eigenvalue weighted by Crippen LogP contribution is -1.91. The third-order valence-corrected chi connectivity index (χ3v) is 3.64. The summed E-state index contributed by atoms with van der Waals surface area (Å²) < 4.78 is 0.785. The van der Waals surface area contributed by atoms with Gasteiger partial charge in [-0.05, 0) is 58.4 Å². The van der Waals surface area contributed by atoms with Crippen LogP contribution in [0.15, 0.2) is 59.2 Å². The fourth-order valence-corrected chi connectivity index (χ4v) is 2.47. The van der Waals surface area contributed by atoms with Crippen LogP contribution in [0.25, 0.3) is 10.9 Å². The van der Waals surface area contributed by atoms with Crippen LogP contribution in [-0.2, 0) is 0 Å². The maximum Gasteiger partial charge on any atom is 0.100 e. The third-order valence-electron chi connectivity index (χ3n) is 2.98. The van der Waals surface area contributed by atoms with Crippen LogP contribution in [0.2, 0.25) is 0 Å². The second-order valence-corrected chi connectivity index (χ2v) is 5.20. The standard InChI is InChI=1S/C16H10BrN3/c17-15-9-14(4-3-12(15)10-18)20-13-5-6-16-11(8-13)2-1-7-19-16/h1-9,20H. The summed E-state index contributed by atoms with van der Waals surface area (Å²) >= 11 is 3.39. The molecule has 96 valence electrons. The second-order valence-electron chi connectivity index (χ2n) is 4.34. The number of nitriles is 1. The summed E-state index contributed by atoms with van der Waals surface area (Å²) in [6.07, 6.45) is 1.78. The van der Waals surface area contributed by atoms with Gasteiger partial charge in [0, 0.05) is 27.4 Å². The maximum atomic E-state index is 8.91. The van der Waals surface area contributed by atoms with Crippen molar-refractivity contribution in [3.63, 3.8) is 0 Å². The number of fused-ring (bicyclic) bond motifs is 1. The summed E-state index contributed by atoms with van der Waals surface area (Å²) in [4.78, 5) is 4.29. The normalized spacial score (nSPS) is 10.2. The Morgan fingerprint density at radius 3 is 2.65 bits per heavy atom. The predicted molar refractivity (Wildman–Crippen MR) is 83.9 cm³/mol. The number of aromatic nitrogens is 1. The molecule has 1 N–H and O–H groups in total. The zero-order chi connectivity index (χ0) is 13.9. The monoisotopic (exact) mass is 323 g/mol. The minimum absolute atomic E-state index is 0.623. The molecule has 0 bridgehead atoms.